The number of rotatable bonds is 7. The molecule has 2 aromatic carbocycles. The number of nitrogens with one attached hydrogen (secondary N) is 1. The average molecular weight is 484 g/mol. The molecule has 9 heteroatoms. The Balaban J connectivity index is 1.95. The van der Waals surface area contributed by atoms with Crippen LogP contribution in [-0.4, -0.2) is 25.0 Å². The van der Waals surface area contributed by atoms with Crippen LogP contribution in [0.4, 0.5) is 0 Å². The minimum atomic E-state index is -4.11. The quantitative estimate of drug-likeness (QED) is 0.454. The third-order valence-electron chi connectivity index (χ3n) is 5.00. The highest BCUT2D eigenvalue weighted by Crippen LogP contribution is 2.37. The van der Waals surface area contributed by atoms with E-state index >= 15 is 0 Å². The number of aliphatic carboxylic acids is 1. The van der Waals surface area contributed by atoms with Gasteiger partial charge in [0.2, 0.25) is 0 Å². The van der Waals surface area contributed by atoms with Gasteiger partial charge in [0.1, 0.15) is 9.75 Å². The predicted octanol–water partition coefficient (Wildman–Crippen LogP) is 5.65. The topological polar surface area (TPSA) is 83.5 Å². The molecule has 1 heterocycles. The van der Waals surface area contributed by atoms with Gasteiger partial charge in [0.05, 0.1) is 5.02 Å². The maximum Gasteiger partial charge on any atom is 0.325 e. The first-order valence-electron chi connectivity index (χ1n) is 8.92. The van der Waals surface area contributed by atoms with Gasteiger partial charge in [0, 0.05) is 21.4 Å². The monoisotopic (exact) mass is 483 g/mol. The van der Waals surface area contributed by atoms with Gasteiger partial charge >= 0.3 is 5.97 Å². The number of carbonyl (C=O) groups is 1. The SMILES string of the molecule is CC(c1ccccc1)[C@](C)(NS(=O)(=O)c1ccc(-c2ccc(Cl)cc2Cl)s1)C(=O)O. The zero-order chi connectivity index (χ0) is 22.1. The number of carboxylic acid groups (broad SMARTS) is 1. The molecule has 0 saturated heterocycles. The summed E-state index contributed by atoms with van der Waals surface area (Å²) in [7, 11) is -4.11. The fourth-order valence-corrected chi connectivity index (χ4v) is 6.37. The third-order valence-corrected chi connectivity index (χ3v) is 8.73. The summed E-state index contributed by atoms with van der Waals surface area (Å²) < 4.78 is 28.5. The van der Waals surface area contributed by atoms with E-state index in [0.29, 0.717) is 26.0 Å². The average Bonchev–Trinajstić information content (AvgIpc) is 3.18. The molecule has 30 heavy (non-hydrogen) atoms. The Bertz CT molecular complexity index is 1180. The van der Waals surface area contributed by atoms with Crippen molar-refractivity contribution in [3.05, 3.63) is 76.3 Å². The second-order valence-corrected chi connectivity index (χ2v) is 10.8. The van der Waals surface area contributed by atoms with Gasteiger partial charge in [-0.05, 0) is 36.8 Å². The van der Waals surface area contributed by atoms with E-state index < -0.39 is 27.4 Å². The first-order chi connectivity index (χ1) is 14.0. The van der Waals surface area contributed by atoms with E-state index in [4.69, 9.17) is 23.2 Å². The van der Waals surface area contributed by atoms with Gasteiger partial charge in [-0.25, -0.2) is 8.42 Å². The standard InChI is InChI=1S/C21H19Cl2NO4S2/c1-13(14-6-4-3-5-7-14)21(2,20(25)26)24-30(27,28)19-11-10-18(29-19)16-9-8-15(22)12-17(16)23/h3-13,24H,1-2H3,(H,25,26)/t13?,21-/m0/s1. The molecule has 0 bridgehead atoms. The summed E-state index contributed by atoms with van der Waals surface area (Å²) in [6, 6.07) is 16.9. The van der Waals surface area contributed by atoms with Crippen LogP contribution in [-0.2, 0) is 14.8 Å². The van der Waals surface area contributed by atoms with E-state index in [1.165, 1.54) is 13.0 Å². The van der Waals surface area contributed by atoms with Crippen LogP contribution >= 0.6 is 34.5 Å². The highest BCUT2D eigenvalue weighted by molar-refractivity contribution is 7.91. The second kappa shape index (κ2) is 8.69. The molecule has 2 N–H and O–H groups in total. The van der Waals surface area contributed by atoms with Gasteiger partial charge in [-0.1, -0.05) is 66.5 Å². The molecule has 0 fully saturated rings. The van der Waals surface area contributed by atoms with Crippen molar-refractivity contribution in [2.45, 2.75) is 29.5 Å². The summed E-state index contributed by atoms with van der Waals surface area (Å²) in [5, 5.41) is 10.7. The molecule has 0 aliphatic carbocycles. The van der Waals surface area contributed by atoms with Crippen LogP contribution in [0.3, 0.4) is 0 Å². The van der Waals surface area contributed by atoms with Crippen LogP contribution in [0.2, 0.25) is 10.0 Å². The molecule has 1 unspecified atom stereocenters. The fourth-order valence-electron chi connectivity index (χ4n) is 3.02. The van der Waals surface area contributed by atoms with E-state index in [9.17, 15) is 18.3 Å². The normalized spacial score (nSPS) is 14.8. The lowest BCUT2D eigenvalue weighted by Crippen LogP contribution is -2.55. The van der Waals surface area contributed by atoms with Crippen LogP contribution in [0.1, 0.15) is 25.3 Å². The highest BCUT2D eigenvalue weighted by Gasteiger charge is 2.43. The zero-order valence-corrected chi connectivity index (χ0v) is 19.2. The molecule has 3 aromatic rings. The van der Waals surface area contributed by atoms with Gasteiger partial charge in [0.25, 0.3) is 10.0 Å². The molecule has 0 aliphatic heterocycles. The Morgan fingerprint density at radius 3 is 2.37 bits per heavy atom. The van der Waals surface area contributed by atoms with E-state index in [1.807, 2.05) is 6.07 Å². The number of halogens is 2. The van der Waals surface area contributed by atoms with Crippen LogP contribution in [0.25, 0.3) is 10.4 Å². The van der Waals surface area contributed by atoms with E-state index in [2.05, 4.69) is 4.72 Å². The first-order valence-corrected chi connectivity index (χ1v) is 12.0. The molecule has 0 radical (unpaired) electrons. The van der Waals surface area contributed by atoms with Crippen molar-refractivity contribution >= 4 is 50.5 Å². The number of carboxylic acids is 1. The van der Waals surface area contributed by atoms with Crippen molar-refractivity contribution in [1.29, 1.82) is 0 Å². The Kier molecular flexibility index (Phi) is 6.60. The largest absolute Gasteiger partial charge is 0.480 e. The van der Waals surface area contributed by atoms with Crippen LogP contribution in [0.15, 0.2) is 64.9 Å². The molecule has 2 atom stereocenters. The molecule has 158 valence electrons. The van der Waals surface area contributed by atoms with Gasteiger partial charge in [-0.2, -0.15) is 4.72 Å². The summed E-state index contributed by atoms with van der Waals surface area (Å²) >= 11 is 13.1. The Labute approximate surface area is 189 Å². The van der Waals surface area contributed by atoms with Crippen LogP contribution in [0, 0.1) is 0 Å². The number of hydrogen-bond donors (Lipinski definition) is 2. The Morgan fingerprint density at radius 2 is 1.77 bits per heavy atom. The van der Waals surface area contributed by atoms with Crippen molar-refractivity contribution in [2.24, 2.45) is 0 Å². The van der Waals surface area contributed by atoms with E-state index in [0.717, 1.165) is 11.3 Å². The van der Waals surface area contributed by atoms with E-state index in [-0.39, 0.29) is 4.21 Å². The summed E-state index contributed by atoms with van der Waals surface area (Å²) in [5.74, 6) is -1.88. The number of thiophene rings is 1. The number of benzene rings is 2. The molecule has 0 saturated carbocycles. The third kappa shape index (κ3) is 4.55. The van der Waals surface area contributed by atoms with Gasteiger partial charge < -0.3 is 5.11 Å². The molecule has 0 spiro atoms. The molecular formula is C21H19Cl2NO4S2. The van der Waals surface area contributed by atoms with Gasteiger partial charge in [0.15, 0.2) is 0 Å². The van der Waals surface area contributed by atoms with Crippen molar-refractivity contribution in [2.75, 3.05) is 0 Å². The Morgan fingerprint density at radius 1 is 1.10 bits per heavy atom. The maximum atomic E-state index is 13.1. The number of hydrogen-bond acceptors (Lipinski definition) is 4. The lowest BCUT2D eigenvalue weighted by atomic mass is 9.83. The molecule has 1 aromatic heterocycles. The van der Waals surface area contributed by atoms with Crippen molar-refractivity contribution in [3.8, 4) is 10.4 Å². The summed E-state index contributed by atoms with van der Waals surface area (Å²) in [4.78, 5) is 12.7. The lowest BCUT2D eigenvalue weighted by molar-refractivity contribution is -0.144. The number of sulfonamides is 1. The summed E-state index contributed by atoms with van der Waals surface area (Å²) in [6.07, 6.45) is 0. The minimum absolute atomic E-state index is 0.00347. The van der Waals surface area contributed by atoms with Crippen molar-refractivity contribution in [3.63, 3.8) is 0 Å². The second-order valence-electron chi connectivity index (χ2n) is 6.99. The predicted molar refractivity (Wildman–Crippen MR) is 121 cm³/mol. The summed E-state index contributed by atoms with van der Waals surface area (Å²) in [5.41, 5.74) is -0.390. The Hall–Kier alpha value is -1.90. The summed E-state index contributed by atoms with van der Waals surface area (Å²) in [6.45, 7) is 3.05. The molecule has 3 rings (SSSR count). The fraction of sp³-hybridized carbons (Fsp3) is 0.190. The van der Waals surface area contributed by atoms with E-state index in [1.54, 1.807) is 55.5 Å². The molecule has 5 nitrogen and oxygen atoms in total. The molecule has 0 amide bonds. The molecular weight excluding hydrogens is 465 g/mol. The molecule has 0 aliphatic rings. The first kappa shape index (κ1) is 22.8. The highest BCUT2D eigenvalue weighted by atomic mass is 35.5. The van der Waals surface area contributed by atoms with Crippen LogP contribution < -0.4 is 4.72 Å². The zero-order valence-electron chi connectivity index (χ0n) is 16.1. The van der Waals surface area contributed by atoms with Crippen molar-refractivity contribution in [1.82, 2.24) is 4.72 Å². The maximum absolute atomic E-state index is 13.1. The van der Waals surface area contributed by atoms with Crippen molar-refractivity contribution < 1.29 is 18.3 Å². The van der Waals surface area contributed by atoms with Gasteiger partial charge in [-0.15, -0.1) is 11.3 Å². The minimum Gasteiger partial charge on any atom is -0.480 e. The smallest absolute Gasteiger partial charge is 0.325 e. The van der Waals surface area contributed by atoms with Gasteiger partial charge in [-0.3, -0.25) is 4.79 Å². The van der Waals surface area contributed by atoms with Crippen LogP contribution in [0.5, 0.6) is 0 Å². The lowest BCUT2D eigenvalue weighted by Gasteiger charge is -2.32.